The molecule has 0 rings (SSSR count). The summed E-state index contributed by atoms with van der Waals surface area (Å²) in [6.07, 6.45) is 1.76. The molecule has 0 saturated heterocycles. The average molecular weight is 184 g/mol. The van der Waals surface area contributed by atoms with Gasteiger partial charge in [-0.2, -0.15) is 0 Å². The van der Waals surface area contributed by atoms with Crippen LogP contribution in [-0.4, -0.2) is 21.4 Å². The molecule has 2 N–H and O–H groups in total. The Morgan fingerprint density at radius 1 is 0.923 bits per heavy atom. The van der Waals surface area contributed by atoms with E-state index in [0.29, 0.717) is 19.3 Å². The molecule has 0 aliphatic carbocycles. The molecule has 76 valence electrons. The third kappa shape index (κ3) is 4.31. The van der Waals surface area contributed by atoms with E-state index in [0.717, 1.165) is 0 Å². The van der Waals surface area contributed by atoms with Gasteiger partial charge in [0.25, 0.3) is 0 Å². The molecule has 0 spiro atoms. The normalized spacial score (nSPS) is 15.8. The van der Waals surface area contributed by atoms with Crippen LogP contribution in [0.25, 0.3) is 0 Å². The lowest BCUT2D eigenvalue weighted by Crippen LogP contribution is -2.27. The lowest BCUT2D eigenvalue weighted by molar-refractivity contribution is 0.0883. The minimum absolute atomic E-state index is 0.573. The van der Waals surface area contributed by atoms with Gasteiger partial charge < -0.3 is 10.2 Å². The molecule has 0 aromatic heterocycles. The van der Waals surface area contributed by atoms with Crippen LogP contribution >= 0.6 is 0 Å². The number of hydrogen-bond acceptors (Lipinski definition) is 2. The highest BCUT2D eigenvalue weighted by molar-refractivity contribution is 5.19. The maximum Gasteiger partial charge on any atom is 0.125 e. The van der Waals surface area contributed by atoms with Crippen LogP contribution in [0.4, 0.5) is 0 Å². The van der Waals surface area contributed by atoms with Crippen LogP contribution < -0.4 is 0 Å². The second-order valence-corrected chi connectivity index (χ2v) is 3.62. The van der Waals surface area contributed by atoms with Gasteiger partial charge >= 0.3 is 0 Å². The topological polar surface area (TPSA) is 40.5 Å². The van der Waals surface area contributed by atoms with Crippen LogP contribution in [0, 0.1) is 11.8 Å². The third-order valence-corrected chi connectivity index (χ3v) is 2.42. The monoisotopic (exact) mass is 184 g/mol. The zero-order chi connectivity index (χ0) is 10.5. The highest BCUT2D eigenvalue weighted by atomic mass is 16.3. The average Bonchev–Trinajstić information content (AvgIpc) is 2.14. The maximum atomic E-state index is 9.80. The van der Waals surface area contributed by atoms with Gasteiger partial charge in [-0.25, -0.2) is 0 Å². The van der Waals surface area contributed by atoms with Gasteiger partial charge in [-0.1, -0.05) is 32.6 Å². The smallest absolute Gasteiger partial charge is 0.125 e. The van der Waals surface area contributed by atoms with Crippen molar-refractivity contribution < 1.29 is 10.2 Å². The fourth-order valence-corrected chi connectivity index (χ4v) is 0.766. The van der Waals surface area contributed by atoms with E-state index in [1.54, 1.807) is 6.92 Å². The van der Waals surface area contributed by atoms with Gasteiger partial charge in [-0.15, -0.1) is 0 Å². The molecule has 0 aliphatic heterocycles. The van der Waals surface area contributed by atoms with Crippen LogP contribution in [0.2, 0.25) is 0 Å². The SMILES string of the molecule is CCC(C)(O)C#CC(O)(CC)CC. The minimum Gasteiger partial charge on any atom is -0.378 e. The predicted molar refractivity (Wildman–Crippen MR) is 54.2 cm³/mol. The van der Waals surface area contributed by atoms with Crippen molar-refractivity contribution in [3.05, 3.63) is 0 Å². The van der Waals surface area contributed by atoms with Crippen LogP contribution in [0.5, 0.6) is 0 Å². The molecular formula is C11H20O2. The summed E-state index contributed by atoms with van der Waals surface area (Å²) in [5.41, 5.74) is -1.91. The van der Waals surface area contributed by atoms with Gasteiger partial charge in [0.2, 0.25) is 0 Å². The fourth-order valence-electron chi connectivity index (χ4n) is 0.766. The summed E-state index contributed by atoms with van der Waals surface area (Å²) < 4.78 is 0. The van der Waals surface area contributed by atoms with E-state index in [2.05, 4.69) is 11.8 Å². The van der Waals surface area contributed by atoms with Crippen molar-refractivity contribution >= 4 is 0 Å². The fraction of sp³-hybridized carbons (Fsp3) is 0.818. The summed E-state index contributed by atoms with van der Waals surface area (Å²) in [7, 11) is 0. The van der Waals surface area contributed by atoms with Gasteiger partial charge in [-0.05, 0) is 26.2 Å². The quantitative estimate of drug-likeness (QED) is 0.655. The van der Waals surface area contributed by atoms with Crippen LogP contribution in [0.1, 0.15) is 47.0 Å². The highest BCUT2D eigenvalue weighted by Gasteiger charge is 2.20. The Kier molecular flexibility index (Phi) is 4.46. The van der Waals surface area contributed by atoms with Crippen molar-refractivity contribution in [1.82, 2.24) is 0 Å². The first kappa shape index (κ1) is 12.5. The lowest BCUT2D eigenvalue weighted by atomic mass is 9.96. The van der Waals surface area contributed by atoms with Crippen molar-refractivity contribution in [2.45, 2.75) is 58.2 Å². The Balaban J connectivity index is 4.55. The molecule has 0 radical (unpaired) electrons. The van der Waals surface area contributed by atoms with Crippen molar-refractivity contribution in [1.29, 1.82) is 0 Å². The van der Waals surface area contributed by atoms with Gasteiger partial charge in [0, 0.05) is 0 Å². The Morgan fingerprint density at radius 2 is 1.38 bits per heavy atom. The van der Waals surface area contributed by atoms with Gasteiger partial charge in [0.15, 0.2) is 0 Å². The molecule has 2 heteroatoms. The van der Waals surface area contributed by atoms with E-state index in [9.17, 15) is 10.2 Å². The molecule has 0 aromatic rings. The molecule has 13 heavy (non-hydrogen) atoms. The largest absolute Gasteiger partial charge is 0.378 e. The second-order valence-electron chi connectivity index (χ2n) is 3.62. The lowest BCUT2D eigenvalue weighted by Gasteiger charge is -2.19. The zero-order valence-corrected chi connectivity index (χ0v) is 9.02. The summed E-state index contributed by atoms with van der Waals surface area (Å²) in [5, 5.41) is 19.4. The second kappa shape index (κ2) is 4.64. The first-order valence-electron chi connectivity index (χ1n) is 4.88. The number of hydrogen-bond donors (Lipinski definition) is 2. The number of aliphatic hydroxyl groups is 2. The predicted octanol–water partition coefficient (Wildman–Crippen LogP) is 1.70. The summed E-state index contributed by atoms with van der Waals surface area (Å²) in [5.74, 6) is 5.45. The first-order valence-corrected chi connectivity index (χ1v) is 4.88. The molecule has 1 unspecified atom stereocenters. The van der Waals surface area contributed by atoms with Gasteiger partial charge in [0.05, 0.1) is 0 Å². The Labute approximate surface area is 81.0 Å². The molecule has 0 bridgehead atoms. The summed E-state index contributed by atoms with van der Waals surface area (Å²) >= 11 is 0. The minimum atomic E-state index is -0.974. The molecule has 1 atom stereocenters. The summed E-state index contributed by atoms with van der Waals surface area (Å²) in [6.45, 7) is 7.30. The van der Waals surface area contributed by atoms with Crippen molar-refractivity contribution in [3.63, 3.8) is 0 Å². The van der Waals surface area contributed by atoms with Crippen LogP contribution in [-0.2, 0) is 0 Å². The Morgan fingerprint density at radius 3 is 1.69 bits per heavy atom. The molecule has 0 saturated carbocycles. The van der Waals surface area contributed by atoms with Gasteiger partial charge in [0.1, 0.15) is 11.2 Å². The molecule has 2 nitrogen and oxygen atoms in total. The Bertz CT molecular complexity index is 204. The Hall–Kier alpha value is -0.520. The van der Waals surface area contributed by atoms with Crippen molar-refractivity contribution in [2.75, 3.05) is 0 Å². The molecule has 0 heterocycles. The molecule has 0 aliphatic rings. The molecule has 0 amide bonds. The van der Waals surface area contributed by atoms with Crippen molar-refractivity contribution in [3.8, 4) is 11.8 Å². The maximum absolute atomic E-state index is 9.80. The van der Waals surface area contributed by atoms with E-state index in [-0.39, 0.29) is 0 Å². The van der Waals surface area contributed by atoms with E-state index >= 15 is 0 Å². The van der Waals surface area contributed by atoms with Crippen molar-refractivity contribution in [2.24, 2.45) is 0 Å². The third-order valence-electron chi connectivity index (χ3n) is 2.42. The zero-order valence-electron chi connectivity index (χ0n) is 9.02. The standard InChI is InChI=1S/C11H20O2/c1-5-10(4,12)8-9-11(13,6-2)7-3/h12-13H,5-7H2,1-4H3. The van der Waals surface area contributed by atoms with Gasteiger partial charge in [-0.3, -0.25) is 0 Å². The van der Waals surface area contributed by atoms with Crippen LogP contribution in [0.15, 0.2) is 0 Å². The van der Waals surface area contributed by atoms with E-state index in [1.807, 2.05) is 20.8 Å². The molecule has 0 fully saturated rings. The number of rotatable bonds is 3. The first-order chi connectivity index (χ1) is 5.89. The summed E-state index contributed by atoms with van der Waals surface area (Å²) in [6, 6.07) is 0. The highest BCUT2D eigenvalue weighted by Crippen LogP contribution is 2.14. The molecular weight excluding hydrogens is 164 g/mol. The molecule has 0 aromatic carbocycles. The van der Waals surface area contributed by atoms with E-state index in [1.165, 1.54) is 0 Å². The van der Waals surface area contributed by atoms with Crippen LogP contribution in [0.3, 0.4) is 0 Å². The van der Waals surface area contributed by atoms with E-state index < -0.39 is 11.2 Å². The summed E-state index contributed by atoms with van der Waals surface area (Å²) in [4.78, 5) is 0. The van der Waals surface area contributed by atoms with E-state index in [4.69, 9.17) is 0 Å².